The van der Waals surface area contributed by atoms with Gasteiger partial charge in [-0.15, -0.1) is 24.8 Å². The summed E-state index contributed by atoms with van der Waals surface area (Å²) in [7, 11) is 1.66. The van der Waals surface area contributed by atoms with Gasteiger partial charge in [-0.1, -0.05) is 12.1 Å². The van der Waals surface area contributed by atoms with Crippen LogP contribution in [0.15, 0.2) is 30.5 Å². The van der Waals surface area contributed by atoms with E-state index in [1.807, 2.05) is 25.3 Å². The average Bonchev–Trinajstić information content (AvgIpc) is 2.68. The summed E-state index contributed by atoms with van der Waals surface area (Å²) < 4.78 is 5.16. The van der Waals surface area contributed by atoms with Gasteiger partial charge < -0.3 is 15.4 Å². The standard InChI is InChI=1S/C21H27N3O2.2ClH/c1-15-20(19-10-11-22-12-17(19)13-23-15)14-24-21(25)5-3-4-16-6-8-18(26-2)9-7-16;;/h6-9,13,22H,3-5,10-12,14H2,1-2H3,(H,24,25);2*1H. The van der Waals surface area contributed by atoms with Crippen LogP contribution in [0.5, 0.6) is 5.75 Å². The van der Waals surface area contributed by atoms with Gasteiger partial charge in [0.05, 0.1) is 7.11 Å². The number of ether oxygens (including phenoxy) is 1. The molecular weight excluding hydrogens is 397 g/mol. The van der Waals surface area contributed by atoms with Crippen molar-refractivity contribution < 1.29 is 9.53 Å². The highest BCUT2D eigenvalue weighted by molar-refractivity contribution is 5.85. The number of benzene rings is 1. The fourth-order valence-electron chi connectivity index (χ4n) is 3.40. The van der Waals surface area contributed by atoms with Crippen LogP contribution in [0.1, 0.15) is 40.8 Å². The van der Waals surface area contributed by atoms with Gasteiger partial charge in [0, 0.05) is 31.4 Å². The summed E-state index contributed by atoms with van der Waals surface area (Å²) in [6, 6.07) is 8.02. The summed E-state index contributed by atoms with van der Waals surface area (Å²) in [4.78, 5) is 16.7. The zero-order valence-corrected chi connectivity index (χ0v) is 18.0. The maximum atomic E-state index is 12.2. The van der Waals surface area contributed by atoms with Crippen molar-refractivity contribution in [2.45, 2.75) is 45.7 Å². The van der Waals surface area contributed by atoms with E-state index in [0.29, 0.717) is 13.0 Å². The molecule has 1 amide bonds. The second-order valence-corrected chi connectivity index (χ2v) is 6.73. The molecule has 154 valence electrons. The van der Waals surface area contributed by atoms with Crippen molar-refractivity contribution in [3.8, 4) is 5.75 Å². The Balaban J connectivity index is 0.00000196. The van der Waals surface area contributed by atoms with Crippen molar-refractivity contribution >= 4 is 30.7 Å². The van der Waals surface area contributed by atoms with Crippen molar-refractivity contribution in [3.05, 3.63) is 58.4 Å². The summed E-state index contributed by atoms with van der Waals surface area (Å²) in [5.74, 6) is 0.960. The number of carbonyl (C=O) groups excluding carboxylic acids is 1. The monoisotopic (exact) mass is 425 g/mol. The number of nitrogens with zero attached hydrogens (tertiary/aromatic N) is 1. The third kappa shape index (κ3) is 6.36. The molecule has 1 aliphatic rings. The quantitative estimate of drug-likeness (QED) is 0.711. The molecule has 1 aromatic heterocycles. The van der Waals surface area contributed by atoms with Crippen LogP contribution in [0, 0.1) is 6.92 Å². The van der Waals surface area contributed by atoms with Gasteiger partial charge in [0.25, 0.3) is 0 Å². The topological polar surface area (TPSA) is 63.2 Å². The Hall–Kier alpha value is -1.82. The van der Waals surface area contributed by atoms with Gasteiger partial charge in [-0.05, 0) is 67.1 Å². The zero-order chi connectivity index (χ0) is 18.4. The molecule has 2 aromatic rings. The predicted molar refractivity (Wildman–Crippen MR) is 117 cm³/mol. The number of hydrogen-bond donors (Lipinski definition) is 2. The molecule has 28 heavy (non-hydrogen) atoms. The molecular formula is C21H29Cl2N3O2. The molecule has 0 unspecified atom stereocenters. The largest absolute Gasteiger partial charge is 0.497 e. The molecule has 0 atom stereocenters. The zero-order valence-electron chi connectivity index (χ0n) is 16.4. The normalized spacial score (nSPS) is 12.2. The predicted octanol–water partition coefficient (Wildman–Crippen LogP) is 3.53. The molecule has 0 bridgehead atoms. The number of aromatic nitrogens is 1. The Morgan fingerprint density at radius 1 is 1.25 bits per heavy atom. The first-order valence-electron chi connectivity index (χ1n) is 9.24. The molecule has 5 nitrogen and oxygen atoms in total. The number of carbonyl (C=O) groups is 1. The molecule has 0 fully saturated rings. The first-order valence-corrected chi connectivity index (χ1v) is 9.24. The second-order valence-electron chi connectivity index (χ2n) is 6.73. The Kier molecular flexibility index (Phi) is 10.3. The van der Waals surface area contributed by atoms with Gasteiger partial charge >= 0.3 is 0 Å². The molecule has 7 heteroatoms. The molecule has 0 radical (unpaired) electrons. The first kappa shape index (κ1) is 24.2. The van der Waals surface area contributed by atoms with Crippen LogP contribution >= 0.6 is 24.8 Å². The minimum absolute atomic E-state index is 0. The minimum Gasteiger partial charge on any atom is -0.497 e. The highest BCUT2D eigenvalue weighted by atomic mass is 35.5. The van der Waals surface area contributed by atoms with E-state index in [4.69, 9.17) is 4.74 Å². The number of rotatable bonds is 7. The average molecular weight is 426 g/mol. The minimum atomic E-state index is 0. The summed E-state index contributed by atoms with van der Waals surface area (Å²) >= 11 is 0. The number of hydrogen-bond acceptors (Lipinski definition) is 4. The third-order valence-corrected chi connectivity index (χ3v) is 4.96. The van der Waals surface area contributed by atoms with E-state index in [2.05, 4.69) is 27.8 Å². The molecule has 2 N–H and O–H groups in total. The summed E-state index contributed by atoms with van der Waals surface area (Å²) in [5.41, 5.74) is 6.04. The van der Waals surface area contributed by atoms with E-state index in [1.165, 1.54) is 22.3 Å². The van der Waals surface area contributed by atoms with Crippen molar-refractivity contribution in [2.75, 3.05) is 13.7 Å². The Labute approximate surface area is 179 Å². The first-order chi connectivity index (χ1) is 12.7. The van der Waals surface area contributed by atoms with Gasteiger partial charge in [-0.3, -0.25) is 9.78 Å². The number of pyridine rings is 1. The third-order valence-electron chi connectivity index (χ3n) is 4.96. The van der Waals surface area contributed by atoms with Crippen LogP contribution in [-0.4, -0.2) is 24.5 Å². The van der Waals surface area contributed by atoms with E-state index >= 15 is 0 Å². The van der Waals surface area contributed by atoms with Crippen LogP contribution in [0.25, 0.3) is 0 Å². The SMILES string of the molecule is COc1ccc(CCCC(=O)NCc2c(C)ncc3c2CCNC3)cc1.Cl.Cl. The maximum absolute atomic E-state index is 12.2. The molecule has 0 saturated heterocycles. The van der Waals surface area contributed by atoms with Crippen LogP contribution in [-0.2, 0) is 30.7 Å². The molecule has 3 rings (SSSR count). The molecule has 0 saturated carbocycles. The highest BCUT2D eigenvalue weighted by Gasteiger charge is 2.16. The van der Waals surface area contributed by atoms with Crippen molar-refractivity contribution in [1.82, 2.24) is 15.6 Å². The van der Waals surface area contributed by atoms with Gasteiger partial charge in [-0.2, -0.15) is 0 Å². The van der Waals surface area contributed by atoms with Crippen molar-refractivity contribution in [1.29, 1.82) is 0 Å². The fraction of sp³-hybridized carbons (Fsp3) is 0.429. The lowest BCUT2D eigenvalue weighted by atomic mass is 9.96. The Morgan fingerprint density at radius 2 is 2.00 bits per heavy atom. The fourth-order valence-corrected chi connectivity index (χ4v) is 3.40. The van der Waals surface area contributed by atoms with Gasteiger partial charge in [-0.25, -0.2) is 0 Å². The number of amides is 1. The second kappa shape index (κ2) is 11.9. The van der Waals surface area contributed by atoms with E-state index in [0.717, 1.165) is 43.8 Å². The number of aryl methyl sites for hydroxylation is 2. The Bertz CT molecular complexity index is 767. The highest BCUT2D eigenvalue weighted by Crippen LogP contribution is 2.20. The van der Waals surface area contributed by atoms with Crippen LogP contribution in [0.2, 0.25) is 0 Å². The Morgan fingerprint density at radius 3 is 2.71 bits per heavy atom. The number of halogens is 2. The number of methoxy groups -OCH3 is 1. The molecule has 0 aliphatic carbocycles. The molecule has 0 spiro atoms. The lowest BCUT2D eigenvalue weighted by Crippen LogP contribution is -2.28. The van der Waals surface area contributed by atoms with Gasteiger partial charge in [0.2, 0.25) is 5.91 Å². The van der Waals surface area contributed by atoms with Crippen LogP contribution in [0.4, 0.5) is 0 Å². The number of nitrogens with one attached hydrogen (secondary N) is 2. The van der Waals surface area contributed by atoms with E-state index in [1.54, 1.807) is 7.11 Å². The molecule has 2 heterocycles. The maximum Gasteiger partial charge on any atom is 0.220 e. The number of fused-ring (bicyclic) bond motifs is 1. The van der Waals surface area contributed by atoms with Crippen LogP contribution < -0.4 is 15.4 Å². The smallest absolute Gasteiger partial charge is 0.220 e. The molecule has 1 aliphatic heterocycles. The summed E-state index contributed by atoms with van der Waals surface area (Å²) in [5, 5.41) is 6.44. The summed E-state index contributed by atoms with van der Waals surface area (Å²) in [6.45, 7) is 4.45. The lowest BCUT2D eigenvalue weighted by molar-refractivity contribution is -0.121. The van der Waals surface area contributed by atoms with Gasteiger partial charge in [0.15, 0.2) is 0 Å². The van der Waals surface area contributed by atoms with Crippen LogP contribution in [0.3, 0.4) is 0 Å². The summed E-state index contributed by atoms with van der Waals surface area (Å²) in [6.07, 6.45) is 5.23. The van der Waals surface area contributed by atoms with E-state index < -0.39 is 0 Å². The molecule has 1 aromatic carbocycles. The van der Waals surface area contributed by atoms with Gasteiger partial charge in [0.1, 0.15) is 5.75 Å². The van der Waals surface area contributed by atoms with E-state index in [9.17, 15) is 4.79 Å². The lowest BCUT2D eigenvalue weighted by Gasteiger charge is -2.21. The van der Waals surface area contributed by atoms with Crippen molar-refractivity contribution in [3.63, 3.8) is 0 Å². The van der Waals surface area contributed by atoms with E-state index in [-0.39, 0.29) is 30.7 Å². The van der Waals surface area contributed by atoms with Crippen molar-refractivity contribution in [2.24, 2.45) is 0 Å².